The molecule has 146 valence electrons. The van der Waals surface area contributed by atoms with Crippen LogP contribution in [0.3, 0.4) is 0 Å². The van der Waals surface area contributed by atoms with Gasteiger partial charge in [-0.15, -0.1) is 11.8 Å². The molecule has 2 fully saturated rings. The first kappa shape index (κ1) is 19.8. The van der Waals surface area contributed by atoms with Crippen LogP contribution in [-0.4, -0.2) is 33.9 Å². The highest BCUT2D eigenvalue weighted by Crippen LogP contribution is 2.61. The van der Waals surface area contributed by atoms with Gasteiger partial charge in [0.2, 0.25) is 0 Å². The summed E-state index contributed by atoms with van der Waals surface area (Å²) in [6.07, 6.45) is -0.580. The Bertz CT molecular complexity index is 835. The fourth-order valence-electron chi connectivity index (χ4n) is 3.79. The SMILES string of the molecule is CO[C@H]1S[C@H]2[C@H](C(=O)C2(Cl)Cl)[C@H]1C(=O)OC(c1ccccc1)c1ccccc1. The molecule has 2 aromatic carbocycles. The molecule has 7 heteroatoms. The van der Waals surface area contributed by atoms with Crippen molar-refractivity contribution in [3.63, 3.8) is 0 Å². The summed E-state index contributed by atoms with van der Waals surface area (Å²) >= 11 is 13.6. The van der Waals surface area contributed by atoms with Crippen molar-refractivity contribution in [3.05, 3.63) is 71.8 Å². The lowest BCUT2D eigenvalue weighted by Crippen LogP contribution is -2.59. The molecule has 4 nitrogen and oxygen atoms in total. The number of halogens is 2. The molecule has 1 saturated heterocycles. The maximum atomic E-state index is 13.2. The number of hydrogen-bond acceptors (Lipinski definition) is 5. The molecule has 0 N–H and O–H groups in total. The molecular formula is C21H18Cl2O4S. The third kappa shape index (κ3) is 3.24. The lowest BCUT2D eigenvalue weighted by Gasteiger charge is -2.41. The van der Waals surface area contributed by atoms with E-state index in [4.69, 9.17) is 32.7 Å². The molecular weight excluding hydrogens is 419 g/mol. The van der Waals surface area contributed by atoms with Gasteiger partial charge in [0.25, 0.3) is 0 Å². The van der Waals surface area contributed by atoms with Crippen LogP contribution in [0.25, 0.3) is 0 Å². The fraction of sp³-hybridized carbons (Fsp3) is 0.333. The van der Waals surface area contributed by atoms with Crippen LogP contribution < -0.4 is 0 Å². The Morgan fingerprint density at radius 2 is 1.57 bits per heavy atom. The Kier molecular flexibility index (Phi) is 5.45. The molecule has 2 aliphatic rings. The standard InChI is InChI=1S/C21H18Cl2O4S/c1-26-20-15(14-17(24)21(22,23)18(14)28-20)19(25)27-16(12-8-4-2-5-9-12)13-10-6-3-7-11-13/h2-11,14-16,18,20H,1H3/t14-,15-,18-,20-/m0/s1. The van der Waals surface area contributed by atoms with Crippen LogP contribution in [0.4, 0.5) is 0 Å². The highest BCUT2D eigenvalue weighted by atomic mass is 35.5. The van der Waals surface area contributed by atoms with Crippen LogP contribution in [0.5, 0.6) is 0 Å². The van der Waals surface area contributed by atoms with Gasteiger partial charge in [-0.3, -0.25) is 9.59 Å². The molecule has 1 aliphatic heterocycles. The van der Waals surface area contributed by atoms with E-state index in [-0.39, 0.29) is 11.0 Å². The topological polar surface area (TPSA) is 52.6 Å². The summed E-state index contributed by atoms with van der Waals surface area (Å²) in [5.74, 6) is -2.16. The zero-order valence-electron chi connectivity index (χ0n) is 15.0. The minimum Gasteiger partial charge on any atom is -0.452 e. The number of ketones is 1. The second kappa shape index (κ2) is 7.71. The first-order valence-electron chi connectivity index (χ1n) is 8.86. The van der Waals surface area contributed by atoms with Crippen molar-refractivity contribution in [2.24, 2.45) is 11.8 Å². The first-order chi connectivity index (χ1) is 13.4. The van der Waals surface area contributed by atoms with Gasteiger partial charge in [-0.2, -0.15) is 0 Å². The van der Waals surface area contributed by atoms with Gasteiger partial charge in [-0.25, -0.2) is 0 Å². The van der Waals surface area contributed by atoms with Gasteiger partial charge < -0.3 is 9.47 Å². The molecule has 4 rings (SSSR count). The van der Waals surface area contributed by atoms with Crippen molar-refractivity contribution in [2.45, 2.75) is 21.1 Å². The number of fused-ring (bicyclic) bond motifs is 1. The van der Waals surface area contributed by atoms with Crippen molar-refractivity contribution >= 4 is 46.7 Å². The molecule has 0 spiro atoms. The Balaban J connectivity index is 1.62. The number of thioether (sulfide) groups is 1. The van der Waals surface area contributed by atoms with Crippen molar-refractivity contribution in [1.29, 1.82) is 0 Å². The quantitative estimate of drug-likeness (QED) is 0.513. The maximum Gasteiger partial charge on any atom is 0.314 e. The Hall–Kier alpha value is -1.53. The molecule has 2 aromatic rings. The van der Waals surface area contributed by atoms with Gasteiger partial charge in [0.05, 0.1) is 11.2 Å². The number of Topliss-reactive ketones (excluding diaryl/α,β-unsaturated/α-hetero) is 1. The van der Waals surface area contributed by atoms with E-state index in [1.165, 1.54) is 18.9 Å². The third-order valence-corrected chi connectivity index (χ3v) is 8.01. The molecule has 0 aromatic heterocycles. The number of carbonyl (C=O) groups excluding carboxylic acids is 2. The highest BCUT2D eigenvalue weighted by molar-refractivity contribution is 8.01. The van der Waals surface area contributed by atoms with Crippen molar-refractivity contribution in [1.82, 2.24) is 0 Å². The number of methoxy groups -OCH3 is 1. The van der Waals surface area contributed by atoms with E-state index in [0.29, 0.717) is 0 Å². The molecule has 1 saturated carbocycles. The van der Waals surface area contributed by atoms with Gasteiger partial charge in [-0.05, 0) is 11.1 Å². The minimum atomic E-state index is -1.47. The lowest BCUT2D eigenvalue weighted by molar-refractivity contribution is -0.161. The Morgan fingerprint density at radius 1 is 1.04 bits per heavy atom. The van der Waals surface area contributed by atoms with Gasteiger partial charge in [0, 0.05) is 7.11 Å². The number of esters is 1. The summed E-state index contributed by atoms with van der Waals surface area (Å²) in [4.78, 5) is 25.6. The number of carbonyl (C=O) groups is 2. The number of ether oxygens (including phenoxy) is 2. The third-order valence-electron chi connectivity index (χ3n) is 5.22. The molecule has 28 heavy (non-hydrogen) atoms. The van der Waals surface area contributed by atoms with Crippen LogP contribution in [-0.2, 0) is 19.1 Å². The van der Waals surface area contributed by atoms with E-state index in [2.05, 4.69) is 0 Å². The highest BCUT2D eigenvalue weighted by Gasteiger charge is 2.70. The Morgan fingerprint density at radius 3 is 2.07 bits per heavy atom. The predicted molar refractivity (Wildman–Crippen MR) is 109 cm³/mol. The summed E-state index contributed by atoms with van der Waals surface area (Å²) in [5, 5.41) is -0.377. The number of hydrogen-bond donors (Lipinski definition) is 0. The molecule has 1 heterocycles. The van der Waals surface area contributed by atoms with E-state index < -0.39 is 33.7 Å². The van der Waals surface area contributed by atoms with Gasteiger partial charge >= 0.3 is 5.97 Å². The summed E-state index contributed by atoms with van der Waals surface area (Å²) in [6, 6.07) is 19.0. The summed E-state index contributed by atoms with van der Waals surface area (Å²) in [5.41, 5.74) is 1.17. The lowest BCUT2D eigenvalue weighted by atomic mass is 9.73. The van der Waals surface area contributed by atoms with E-state index in [9.17, 15) is 9.59 Å². The zero-order chi connectivity index (χ0) is 19.9. The maximum absolute atomic E-state index is 13.2. The van der Waals surface area contributed by atoms with Crippen LogP contribution in [0.2, 0.25) is 0 Å². The fourth-order valence-corrected chi connectivity index (χ4v) is 6.22. The smallest absolute Gasteiger partial charge is 0.314 e. The van der Waals surface area contributed by atoms with Crippen molar-refractivity contribution in [2.75, 3.05) is 7.11 Å². The van der Waals surface area contributed by atoms with E-state index >= 15 is 0 Å². The zero-order valence-corrected chi connectivity index (χ0v) is 17.3. The van der Waals surface area contributed by atoms with Crippen molar-refractivity contribution < 1.29 is 19.1 Å². The van der Waals surface area contributed by atoms with Gasteiger partial charge in [0.1, 0.15) is 11.4 Å². The average Bonchev–Trinajstić information content (AvgIpc) is 3.11. The molecule has 0 unspecified atom stereocenters. The second-order valence-electron chi connectivity index (χ2n) is 6.84. The summed E-state index contributed by atoms with van der Waals surface area (Å²) < 4.78 is 9.92. The van der Waals surface area contributed by atoms with Crippen LogP contribution in [0.1, 0.15) is 17.2 Å². The average molecular weight is 437 g/mol. The minimum absolute atomic E-state index is 0.342. The predicted octanol–water partition coefficient (Wildman–Crippen LogP) is 4.40. The summed E-state index contributed by atoms with van der Waals surface area (Å²) in [6.45, 7) is 0. The van der Waals surface area contributed by atoms with E-state index in [1.54, 1.807) is 0 Å². The van der Waals surface area contributed by atoms with Gasteiger partial charge in [0.15, 0.2) is 16.2 Å². The van der Waals surface area contributed by atoms with Crippen LogP contribution in [0, 0.1) is 11.8 Å². The number of rotatable bonds is 5. The first-order valence-corrected chi connectivity index (χ1v) is 10.6. The normalized spacial score (nSPS) is 27.9. The largest absolute Gasteiger partial charge is 0.452 e. The van der Waals surface area contributed by atoms with Crippen LogP contribution in [0.15, 0.2) is 60.7 Å². The molecule has 4 atom stereocenters. The second-order valence-corrected chi connectivity index (χ2v) is 9.47. The van der Waals surface area contributed by atoms with Crippen LogP contribution >= 0.6 is 35.0 Å². The molecule has 0 amide bonds. The van der Waals surface area contributed by atoms with Crippen molar-refractivity contribution in [3.8, 4) is 0 Å². The molecule has 1 aliphatic carbocycles. The summed E-state index contributed by atoms with van der Waals surface area (Å²) in [7, 11) is 1.50. The molecule has 0 bridgehead atoms. The monoisotopic (exact) mass is 436 g/mol. The Labute approximate surface area is 177 Å². The van der Waals surface area contributed by atoms with E-state index in [0.717, 1.165) is 11.1 Å². The van der Waals surface area contributed by atoms with Gasteiger partial charge in [-0.1, -0.05) is 83.9 Å². The number of alkyl halides is 2. The van der Waals surface area contributed by atoms with E-state index in [1.807, 2.05) is 60.7 Å². The number of benzene rings is 2. The molecule has 0 radical (unpaired) electrons.